The molecule has 2 N–H and O–H groups in total. The SMILES string of the molecule is NC(=NCCN1CCC1)N1CCOCC1. The minimum absolute atomic E-state index is 0.679. The molecule has 5 heteroatoms. The van der Waals surface area contributed by atoms with Crippen molar-refractivity contribution in [3.8, 4) is 0 Å². The summed E-state index contributed by atoms with van der Waals surface area (Å²) < 4.78 is 5.26. The Bertz CT molecular complexity index is 221. The van der Waals surface area contributed by atoms with Crippen LogP contribution in [0.25, 0.3) is 0 Å². The second-order valence-corrected chi connectivity index (χ2v) is 4.03. The zero-order chi connectivity index (χ0) is 10.5. The van der Waals surface area contributed by atoms with Crippen molar-refractivity contribution in [3.63, 3.8) is 0 Å². The van der Waals surface area contributed by atoms with Crippen molar-refractivity contribution >= 4 is 5.96 Å². The highest BCUT2D eigenvalue weighted by Gasteiger charge is 2.14. The Morgan fingerprint density at radius 2 is 1.93 bits per heavy atom. The van der Waals surface area contributed by atoms with Crippen LogP contribution in [0.1, 0.15) is 6.42 Å². The van der Waals surface area contributed by atoms with Crippen molar-refractivity contribution < 1.29 is 4.74 Å². The molecular formula is C10H20N4O. The van der Waals surface area contributed by atoms with Gasteiger partial charge in [-0.2, -0.15) is 0 Å². The molecule has 0 bridgehead atoms. The molecule has 2 aliphatic heterocycles. The first-order valence-corrected chi connectivity index (χ1v) is 5.71. The van der Waals surface area contributed by atoms with E-state index < -0.39 is 0 Å². The van der Waals surface area contributed by atoms with Gasteiger partial charge in [-0.05, 0) is 19.5 Å². The van der Waals surface area contributed by atoms with E-state index in [2.05, 4.69) is 14.8 Å². The lowest BCUT2D eigenvalue weighted by Gasteiger charge is -2.30. The highest BCUT2D eigenvalue weighted by molar-refractivity contribution is 5.78. The average Bonchev–Trinajstić information content (AvgIpc) is 2.23. The van der Waals surface area contributed by atoms with E-state index in [1.54, 1.807) is 0 Å². The van der Waals surface area contributed by atoms with E-state index in [1.807, 2.05) is 0 Å². The molecule has 0 aromatic carbocycles. The van der Waals surface area contributed by atoms with Gasteiger partial charge in [-0.3, -0.25) is 4.99 Å². The number of nitrogens with zero attached hydrogens (tertiary/aromatic N) is 3. The van der Waals surface area contributed by atoms with E-state index in [-0.39, 0.29) is 0 Å². The van der Waals surface area contributed by atoms with Crippen LogP contribution in [-0.4, -0.2) is 68.2 Å². The van der Waals surface area contributed by atoms with Crippen LogP contribution in [-0.2, 0) is 4.74 Å². The lowest BCUT2D eigenvalue weighted by molar-refractivity contribution is 0.0673. The van der Waals surface area contributed by atoms with Crippen molar-refractivity contribution in [2.75, 3.05) is 52.5 Å². The molecule has 0 saturated carbocycles. The fourth-order valence-corrected chi connectivity index (χ4v) is 1.80. The normalized spacial score (nSPS) is 24.0. The summed E-state index contributed by atoms with van der Waals surface area (Å²) in [6.45, 7) is 7.61. The van der Waals surface area contributed by atoms with Crippen LogP contribution in [0.3, 0.4) is 0 Å². The van der Waals surface area contributed by atoms with E-state index in [0.717, 1.165) is 39.4 Å². The molecule has 0 atom stereocenters. The smallest absolute Gasteiger partial charge is 0.191 e. The van der Waals surface area contributed by atoms with Crippen molar-refractivity contribution in [3.05, 3.63) is 0 Å². The predicted molar refractivity (Wildman–Crippen MR) is 59.9 cm³/mol. The number of likely N-dealkylation sites (tertiary alicyclic amines) is 1. The number of guanidine groups is 1. The Hall–Kier alpha value is -0.810. The fraction of sp³-hybridized carbons (Fsp3) is 0.900. The summed E-state index contributed by atoms with van der Waals surface area (Å²) in [6.07, 6.45) is 1.34. The zero-order valence-electron chi connectivity index (χ0n) is 9.19. The van der Waals surface area contributed by atoms with Crippen LogP contribution in [0.5, 0.6) is 0 Å². The van der Waals surface area contributed by atoms with E-state index >= 15 is 0 Å². The number of hydrogen-bond acceptors (Lipinski definition) is 3. The second-order valence-electron chi connectivity index (χ2n) is 4.03. The molecule has 0 spiro atoms. The van der Waals surface area contributed by atoms with Crippen molar-refractivity contribution in [1.82, 2.24) is 9.80 Å². The maximum absolute atomic E-state index is 5.90. The monoisotopic (exact) mass is 212 g/mol. The van der Waals surface area contributed by atoms with Crippen molar-refractivity contribution in [2.24, 2.45) is 10.7 Å². The second kappa shape index (κ2) is 5.32. The van der Waals surface area contributed by atoms with Gasteiger partial charge in [-0.1, -0.05) is 0 Å². The highest BCUT2D eigenvalue weighted by Crippen LogP contribution is 2.04. The molecule has 0 aromatic heterocycles. The number of hydrogen-bond donors (Lipinski definition) is 1. The maximum Gasteiger partial charge on any atom is 0.191 e. The molecule has 2 aliphatic rings. The lowest BCUT2D eigenvalue weighted by atomic mass is 10.2. The largest absolute Gasteiger partial charge is 0.378 e. The Labute approximate surface area is 90.9 Å². The van der Waals surface area contributed by atoms with Crippen LogP contribution in [0.4, 0.5) is 0 Å². The zero-order valence-corrected chi connectivity index (χ0v) is 9.19. The fourth-order valence-electron chi connectivity index (χ4n) is 1.80. The summed E-state index contributed by atoms with van der Waals surface area (Å²) in [4.78, 5) is 8.89. The minimum atomic E-state index is 0.679. The van der Waals surface area contributed by atoms with E-state index in [9.17, 15) is 0 Å². The Morgan fingerprint density at radius 1 is 1.20 bits per heavy atom. The standard InChI is InChI=1S/C10H20N4O/c11-10(14-6-8-15-9-7-14)12-2-5-13-3-1-4-13/h1-9H2,(H2,11,12). The van der Waals surface area contributed by atoms with E-state index in [0.29, 0.717) is 5.96 Å². The Kier molecular flexibility index (Phi) is 3.80. The number of aliphatic imine (C=N–C) groups is 1. The van der Waals surface area contributed by atoms with Gasteiger partial charge in [0.15, 0.2) is 5.96 Å². The third-order valence-electron chi connectivity index (χ3n) is 2.97. The predicted octanol–water partition coefficient (Wildman–Crippen LogP) is -0.661. The quantitative estimate of drug-likeness (QED) is 0.498. The summed E-state index contributed by atoms with van der Waals surface area (Å²) in [5, 5.41) is 0. The molecule has 5 nitrogen and oxygen atoms in total. The van der Waals surface area contributed by atoms with Crippen LogP contribution in [0, 0.1) is 0 Å². The third kappa shape index (κ3) is 3.07. The Balaban J connectivity index is 1.68. The first-order valence-electron chi connectivity index (χ1n) is 5.71. The van der Waals surface area contributed by atoms with Gasteiger partial charge in [-0.25, -0.2) is 0 Å². The molecule has 2 fully saturated rings. The molecule has 0 aromatic rings. The molecular weight excluding hydrogens is 192 g/mol. The van der Waals surface area contributed by atoms with Gasteiger partial charge in [0.1, 0.15) is 0 Å². The van der Waals surface area contributed by atoms with Gasteiger partial charge in [-0.15, -0.1) is 0 Å². The van der Waals surface area contributed by atoms with Gasteiger partial charge < -0.3 is 20.3 Å². The van der Waals surface area contributed by atoms with Gasteiger partial charge in [0.05, 0.1) is 19.8 Å². The molecule has 2 heterocycles. The number of morpholine rings is 1. The highest BCUT2D eigenvalue weighted by atomic mass is 16.5. The molecule has 86 valence electrons. The molecule has 2 saturated heterocycles. The lowest BCUT2D eigenvalue weighted by Crippen LogP contribution is -2.45. The molecule has 15 heavy (non-hydrogen) atoms. The molecule has 0 amide bonds. The molecule has 2 rings (SSSR count). The Morgan fingerprint density at radius 3 is 2.53 bits per heavy atom. The van der Waals surface area contributed by atoms with Gasteiger partial charge in [0.25, 0.3) is 0 Å². The van der Waals surface area contributed by atoms with Crippen LogP contribution in [0.2, 0.25) is 0 Å². The number of nitrogens with two attached hydrogens (primary N) is 1. The van der Waals surface area contributed by atoms with Crippen LogP contribution < -0.4 is 5.73 Å². The molecule has 0 radical (unpaired) electrons. The summed E-state index contributed by atoms with van der Waals surface area (Å²) in [5.74, 6) is 0.679. The van der Waals surface area contributed by atoms with Gasteiger partial charge in [0, 0.05) is 19.6 Å². The summed E-state index contributed by atoms with van der Waals surface area (Å²) in [5.41, 5.74) is 5.90. The topological polar surface area (TPSA) is 54.1 Å². The van der Waals surface area contributed by atoms with E-state index in [1.165, 1.54) is 19.5 Å². The summed E-state index contributed by atoms with van der Waals surface area (Å²) in [6, 6.07) is 0. The molecule has 0 aliphatic carbocycles. The first kappa shape index (κ1) is 10.7. The van der Waals surface area contributed by atoms with E-state index in [4.69, 9.17) is 10.5 Å². The van der Waals surface area contributed by atoms with Gasteiger partial charge >= 0.3 is 0 Å². The summed E-state index contributed by atoms with van der Waals surface area (Å²) in [7, 11) is 0. The van der Waals surface area contributed by atoms with Gasteiger partial charge in [0.2, 0.25) is 0 Å². The number of ether oxygens (including phenoxy) is 1. The average molecular weight is 212 g/mol. The summed E-state index contributed by atoms with van der Waals surface area (Å²) >= 11 is 0. The third-order valence-corrected chi connectivity index (χ3v) is 2.97. The van der Waals surface area contributed by atoms with Crippen molar-refractivity contribution in [1.29, 1.82) is 0 Å². The number of rotatable bonds is 3. The minimum Gasteiger partial charge on any atom is -0.378 e. The molecule has 0 unspecified atom stereocenters. The van der Waals surface area contributed by atoms with Crippen LogP contribution >= 0.6 is 0 Å². The van der Waals surface area contributed by atoms with Crippen LogP contribution in [0.15, 0.2) is 4.99 Å². The first-order chi connectivity index (χ1) is 7.36. The maximum atomic E-state index is 5.90. The van der Waals surface area contributed by atoms with Crippen molar-refractivity contribution in [2.45, 2.75) is 6.42 Å².